The Labute approximate surface area is 333 Å². The van der Waals surface area contributed by atoms with Gasteiger partial charge in [-0.15, -0.1) is 0 Å². The summed E-state index contributed by atoms with van der Waals surface area (Å²) < 4.78 is 98.1. The molecule has 3 N–H and O–H groups in total. The molecular formula is C39H49F4N5O9S. The predicted molar refractivity (Wildman–Crippen MR) is 202 cm³/mol. The molecule has 3 heterocycles. The number of alkyl halides is 4. The zero-order valence-corrected chi connectivity index (χ0v) is 33.7. The van der Waals surface area contributed by atoms with Crippen molar-refractivity contribution in [1.29, 1.82) is 0 Å². The molecule has 0 radical (unpaired) electrons. The Kier molecular flexibility index (Phi) is 11.7. The predicted octanol–water partition coefficient (Wildman–Crippen LogP) is 4.86. The average Bonchev–Trinajstić information content (AvgIpc) is 4.05. The van der Waals surface area contributed by atoms with E-state index in [1.54, 1.807) is 37.3 Å². The highest BCUT2D eigenvalue weighted by molar-refractivity contribution is 7.91. The molecule has 14 nitrogen and oxygen atoms in total. The van der Waals surface area contributed by atoms with Gasteiger partial charge in [0.05, 0.1) is 19.2 Å². The first kappa shape index (κ1) is 42.9. The van der Waals surface area contributed by atoms with Crippen LogP contribution in [-0.4, -0.2) is 103 Å². The van der Waals surface area contributed by atoms with Gasteiger partial charge in [-0.25, -0.2) is 17.6 Å². The number of sulfonamides is 1. The Balaban J connectivity index is 1.35. The van der Waals surface area contributed by atoms with Crippen molar-refractivity contribution < 1.29 is 59.4 Å². The van der Waals surface area contributed by atoms with Crippen LogP contribution in [0.25, 0.3) is 10.9 Å². The first-order valence-corrected chi connectivity index (χ1v) is 20.7. The van der Waals surface area contributed by atoms with E-state index in [2.05, 4.69) is 15.6 Å². The number of methoxy groups -OCH3 is 1. The van der Waals surface area contributed by atoms with Gasteiger partial charge in [-0.3, -0.25) is 24.1 Å². The Hall–Kier alpha value is -4.68. The van der Waals surface area contributed by atoms with E-state index in [4.69, 9.17) is 14.2 Å². The topological polar surface area (TPSA) is 182 Å². The lowest BCUT2D eigenvalue weighted by molar-refractivity contribution is -0.244. The summed E-state index contributed by atoms with van der Waals surface area (Å²) in [5.41, 5.74) is -4.13. The highest BCUT2D eigenvalue weighted by Gasteiger charge is 2.64. The molecule has 2 aliphatic heterocycles. The summed E-state index contributed by atoms with van der Waals surface area (Å²) in [6.07, 6.45) is -0.892. The molecule has 19 heteroatoms. The minimum Gasteiger partial charge on any atom is -0.497 e. The van der Waals surface area contributed by atoms with E-state index in [-0.39, 0.29) is 38.1 Å². The lowest BCUT2D eigenvalue weighted by Crippen LogP contribution is -2.60. The van der Waals surface area contributed by atoms with Crippen LogP contribution in [0.2, 0.25) is 0 Å². The number of hydrogen-bond donors (Lipinski definition) is 3. The Morgan fingerprint density at radius 1 is 1.10 bits per heavy atom. The number of alkyl carbamates (subject to hydrolysis) is 1. The molecule has 58 heavy (non-hydrogen) atoms. The van der Waals surface area contributed by atoms with E-state index in [0.29, 0.717) is 55.5 Å². The van der Waals surface area contributed by atoms with E-state index in [1.807, 2.05) is 17.7 Å². The van der Waals surface area contributed by atoms with Crippen LogP contribution in [0.1, 0.15) is 72.6 Å². The van der Waals surface area contributed by atoms with Crippen molar-refractivity contribution >= 4 is 44.7 Å². The maximum Gasteiger partial charge on any atom is 0.427 e. The molecule has 1 aromatic carbocycles. The van der Waals surface area contributed by atoms with Crippen LogP contribution in [0.15, 0.2) is 42.6 Å². The Morgan fingerprint density at radius 2 is 1.83 bits per heavy atom. The molecule has 7 atom stereocenters. The summed E-state index contributed by atoms with van der Waals surface area (Å²) in [5.74, 6) is -3.15. The summed E-state index contributed by atoms with van der Waals surface area (Å²) >= 11 is 0. The number of hydrogen-bond acceptors (Lipinski definition) is 10. The van der Waals surface area contributed by atoms with E-state index >= 15 is 0 Å². The van der Waals surface area contributed by atoms with E-state index in [9.17, 15) is 45.2 Å². The van der Waals surface area contributed by atoms with Gasteiger partial charge in [0.15, 0.2) is 0 Å². The van der Waals surface area contributed by atoms with Crippen LogP contribution in [0, 0.1) is 17.8 Å². The lowest BCUT2D eigenvalue weighted by Gasteiger charge is -2.34. The number of carbonyl (C=O) groups excluding carboxylic acids is 4. The summed E-state index contributed by atoms with van der Waals surface area (Å²) in [6.45, 7) is 3.52. The molecule has 2 aromatic rings. The molecule has 3 fully saturated rings. The van der Waals surface area contributed by atoms with Gasteiger partial charge in [0.2, 0.25) is 27.4 Å². The fourth-order valence-corrected chi connectivity index (χ4v) is 9.13. The SMILES string of the molecule is COc1ccc2c(OC3CC4C(=O)NC5(C(=O)NS(=O)(=O)C6(CF)CC6)CC5C=CCCC(C)CC(C)C(NC(=O)OC(C)(C)C(F)(F)F)C(=O)N4C3)ccnc2c1. The second kappa shape index (κ2) is 15.8. The van der Waals surface area contributed by atoms with Crippen LogP contribution >= 0.6 is 0 Å². The molecule has 2 saturated carbocycles. The van der Waals surface area contributed by atoms with Gasteiger partial charge in [-0.2, -0.15) is 13.2 Å². The normalized spacial score (nSPS) is 28.9. The number of allylic oxidation sites excluding steroid dienone is 1. The van der Waals surface area contributed by atoms with Crippen molar-refractivity contribution in [3.63, 3.8) is 0 Å². The van der Waals surface area contributed by atoms with Crippen LogP contribution in [0.5, 0.6) is 11.5 Å². The van der Waals surface area contributed by atoms with Gasteiger partial charge >= 0.3 is 12.3 Å². The molecule has 6 rings (SSSR count). The smallest absolute Gasteiger partial charge is 0.427 e. The number of rotatable bonds is 9. The molecule has 1 saturated heterocycles. The van der Waals surface area contributed by atoms with Gasteiger partial charge in [-0.05, 0) is 82.4 Å². The highest BCUT2D eigenvalue weighted by atomic mass is 32.2. The van der Waals surface area contributed by atoms with Crippen molar-refractivity contribution in [3.8, 4) is 11.5 Å². The maximum atomic E-state index is 14.7. The number of aromatic nitrogens is 1. The molecule has 7 unspecified atom stereocenters. The number of ether oxygens (including phenoxy) is 3. The molecule has 1 aromatic heterocycles. The Morgan fingerprint density at radius 3 is 2.48 bits per heavy atom. The summed E-state index contributed by atoms with van der Waals surface area (Å²) in [4.78, 5) is 61.7. The van der Waals surface area contributed by atoms with Crippen molar-refractivity contribution in [2.75, 3.05) is 20.3 Å². The molecule has 2 aliphatic carbocycles. The molecular weight excluding hydrogens is 791 g/mol. The zero-order valence-electron chi connectivity index (χ0n) is 32.9. The Bertz CT molecular complexity index is 2080. The molecule has 318 valence electrons. The maximum absolute atomic E-state index is 14.7. The van der Waals surface area contributed by atoms with E-state index in [1.165, 1.54) is 13.3 Å². The summed E-state index contributed by atoms with van der Waals surface area (Å²) in [7, 11) is -2.96. The second-order valence-electron chi connectivity index (χ2n) is 16.5. The van der Waals surface area contributed by atoms with Gasteiger partial charge in [-0.1, -0.05) is 26.0 Å². The first-order chi connectivity index (χ1) is 27.2. The fraction of sp³-hybridized carbons (Fsp3) is 0.615. The van der Waals surface area contributed by atoms with Gasteiger partial charge in [0.1, 0.15) is 46.6 Å². The number of amides is 4. The number of halogens is 4. The number of nitrogens with zero attached hydrogens (tertiary/aromatic N) is 2. The third-order valence-electron chi connectivity index (χ3n) is 11.8. The largest absolute Gasteiger partial charge is 0.497 e. The number of benzene rings is 1. The minimum atomic E-state index is -4.93. The van der Waals surface area contributed by atoms with Crippen molar-refractivity contribution in [2.45, 2.75) is 113 Å². The fourth-order valence-electron chi connectivity index (χ4n) is 7.71. The summed E-state index contributed by atoms with van der Waals surface area (Å²) in [6, 6.07) is 3.90. The van der Waals surface area contributed by atoms with Gasteiger partial charge in [0.25, 0.3) is 5.91 Å². The molecule has 0 bridgehead atoms. The second-order valence-corrected chi connectivity index (χ2v) is 18.6. The lowest BCUT2D eigenvalue weighted by atomic mass is 9.88. The number of fused-ring (bicyclic) bond motifs is 3. The average molecular weight is 840 g/mol. The van der Waals surface area contributed by atoms with Crippen molar-refractivity contribution in [2.24, 2.45) is 17.8 Å². The van der Waals surface area contributed by atoms with Gasteiger partial charge < -0.3 is 29.7 Å². The number of pyridine rings is 1. The number of nitrogens with one attached hydrogen (secondary N) is 3. The molecule has 4 amide bonds. The van der Waals surface area contributed by atoms with Crippen LogP contribution in [0.3, 0.4) is 0 Å². The van der Waals surface area contributed by atoms with Crippen LogP contribution < -0.4 is 24.8 Å². The van der Waals surface area contributed by atoms with Crippen LogP contribution in [-0.2, 0) is 29.1 Å². The monoisotopic (exact) mass is 839 g/mol. The quantitative estimate of drug-likeness (QED) is 0.233. The van der Waals surface area contributed by atoms with Crippen LogP contribution in [0.4, 0.5) is 22.4 Å². The molecule has 4 aliphatic rings. The highest BCUT2D eigenvalue weighted by Crippen LogP contribution is 2.48. The minimum absolute atomic E-state index is 0.0177. The zero-order chi connectivity index (χ0) is 42.4. The van der Waals surface area contributed by atoms with E-state index in [0.717, 1.165) is 4.90 Å². The third-order valence-corrected chi connectivity index (χ3v) is 13.9. The molecule has 0 spiro atoms. The van der Waals surface area contributed by atoms with Gasteiger partial charge in [0, 0.05) is 30.0 Å². The summed E-state index contributed by atoms with van der Waals surface area (Å²) in [5, 5.41) is 5.67. The van der Waals surface area contributed by atoms with Crippen molar-refractivity contribution in [3.05, 3.63) is 42.6 Å². The standard InChI is InChI=1S/C39H49F4N5O9S/c1-22-8-6-7-9-24-19-38(24,34(51)47-58(53,54)37(21-40)13-14-37)46-32(49)29-18-26(56-30-12-15-44-28-17-25(55-5)10-11-27(28)30)20-48(29)33(50)31(23(2)16-22)45-35(52)57-36(3,4)39(41,42)43/h7,9-12,15,17,22-24,26,29,31H,6,8,13-14,16,18-21H2,1-5H3,(H,45,52)(H,46,49)(H,47,51). The van der Waals surface area contributed by atoms with Crippen molar-refractivity contribution in [1.82, 2.24) is 25.2 Å². The third kappa shape index (κ3) is 8.54. The van der Waals surface area contributed by atoms with E-state index < -0.39 is 92.6 Å². The first-order valence-electron chi connectivity index (χ1n) is 19.2. The number of carbonyl (C=O) groups is 4.